The molecular formula is C10H14ClN3O. The highest BCUT2D eigenvalue weighted by atomic mass is 35.5. The summed E-state index contributed by atoms with van der Waals surface area (Å²) in [5.74, 6) is 0.912. The normalized spacial score (nSPS) is 10.1. The van der Waals surface area contributed by atoms with Crippen LogP contribution in [0.3, 0.4) is 0 Å². The fourth-order valence-corrected chi connectivity index (χ4v) is 1.02. The standard InChI is InChI=1S/C10H14ClN3O/c1-7(2)5-13-10(15)14-9-4-3-8(11)6-12-9/h3-4,6-7H,5H2,1-2H3,(H2,12,13,14,15). The van der Waals surface area contributed by atoms with Crippen LogP contribution in [0.1, 0.15) is 13.8 Å². The van der Waals surface area contributed by atoms with Crippen LogP contribution in [-0.4, -0.2) is 17.6 Å². The maximum atomic E-state index is 11.3. The van der Waals surface area contributed by atoms with Gasteiger partial charge in [-0.3, -0.25) is 5.32 Å². The summed E-state index contributed by atoms with van der Waals surface area (Å²) in [5.41, 5.74) is 0. The van der Waals surface area contributed by atoms with Crippen LogP contribution in [-0.2, 0) is 0 Å². The Kier molecular flexibility index (Phi) is 4.37. The fraction of sp³-hybridized carbons (Fsp3) is 0.400. The number of carbonyl (C=O) groups is 1. The molecule has 0 aliphatic rings. The maximum Gasteiger partial charge on any atom is 0.320 e. The van der Waals surface area contributed by atoms with Gasteiger partial charge < -0.3 is 5.32 Å². The van der Waals surface area contributed by atoms with Gasteiger partial charge in [-0.2, -0.15) is 0 Å². The van der Waals surface area contributed by atoms with E-state index in [1.54, 1.807) is 12.1 Å². The summed E-state index contributed by atoms with van der Waals surface area (Å²) < 4.78 is 0. The molecule has 0 atom stereocenters. The van der Waals surface area contributed by atoms with Gasteiger partial charge in [0.2, 0.25) is 0 Å². The van der Waals surface area contributed by atoms with Crippen LogP contribution < -0.4 is 10.6 Å². The van der Waals surface area contributed by atoms with E-state index in [0.717, 1.165) is 0 Å². The molecule has 1 aromatic rings. The number of anilines is 1. The van der Waals surface area contributed by atoms with E-state index >= 15 is 0 Å². The molecule has 0 bridgehead atoms. The third-order valence-corrected chi connectivity index (χ3v) is 1.86. The first-order valence-electron chi connectivity index (χ1n) is 4.74. The molecule has 0 radical (unpaired) electrons. The quantitative estimate of drug-likeness (QED) is 0.834. The van der Waals surface area contributed by atoms with Crippen LogP contribution in [0.2, 0.25) is 5.02 Å². The van der Waals surface area contributed by atoms with Crippen molar-refractivity contribution in [1.82, 2.24) is 10.3 Å². The average molecular weight is 228 g/mol. The van der Waals surface area contributed by atoms with Crippen LogP contribution in [0.25, 0.3) is 0 Å². The molecule has 1 heterocycles. The van der Waals surface area contributed by atoms with Crippen molar-refractivity contribution < 1.29 is 4.79 Å². The van der Waals surface area contributed by atoms with Crippen LogP contribution in [0.15, 0.2) is 18.3 Å². The minimum Gasteiger partial charge on any atom is -0.338 e. The van der Waals surface area contributed by atoms with Gasteiger partial charge in [-0.15, -0.1) is 0 Å². The highest BCUT2D eigenvalue weighted by molar-refractivity contribution is 6.30. The summed E-state index contributed by atoms with van der Waals surface area (Å²) in [7, 11) is 0. The summed E-state index contributed by atoms with van der Waals surface area (Å²) in [6, 6.07) is 3.07. The number of amides is 2. The van der Waals surface area contributed by atoms with E-state index in [9.17, 15) is 4.79 Å². The van der Waals surface area contributed by atoms with Gasteiger partial charge in [-0.1, -0.05) is 25.4 Å². The van der Waals surface area contributed by atoms with Crippen LogP contribution in [0.5, 0.6) is 0 Å². The molecule has 2 N–H and O–H groups in total. The zero-order chi connectivity index (χ0) is 11.3. The van der Waals surface area contributed by atoms with Gasteiger partial charge >= 0.3 is 6.03 Å². The third kappa shape index (κ3) is 4.65. The maximum absolute atomic E-state index is 11.3. The van der Waals surface area contributed by atoms with Crippen LogP contribution >= 0.6 is 11.6 Å². The van der Waals surface area contributed by atoms with E-state index in [0.29, 0.717) is 23.3 Å². The number of urea groups is 1. The molecule has 0 aromatic carbocycles. The molecule has 0 fully saturated rings. The van der Waals surface area contributed by atoms with Crippen molar-refractivity contribution in [3.8, 4) is 0 Å². The van der Waals surface area contributed by atoms with Crippen molar-refractivity contribution in [2.24, 2.45) is 5.92 Å². The molecule has 0 spiro atoms. The number of nitrogens with zero attached hydrogens (tertiary/aromatic N) is 1. The lowest BCUT2D eigenvalue weighted by Gasteiger charge is -2.08. The van der Waals surface area contributed by atoms with Gasteiger partial charge in [-0.05, 0) is 18.1 Å². The Morgan fingerprint density at radius 3 is 2.80 bits per heavy atom. The Morgan fingerprint density at radius 1 is 1.53 bits per heavy atom. The second-order valence-corrected chi connectivity index (χ2v) is 4.03. The van der Waals surface area contributed by atoms with Crippen molar-refractivity contribution in [1.29, 1.82) is 0 Å². The second-order valence-electron chi connectivity index (χ2n) is 3.59. The van der Waals surface area contributed by atoms with Crippen molar-refractivity contribution in [3.05, 3.63) is 23.4 Å². The van der Waals surface area contributed by atoms with Crippen molar-refractivity contribution in [3.63, 3.8) is 0 Å². The molecule has 5 heteroatoms. The number of carbonyl (C=O) groups excluding carboxylic acids is 1. The minimum atomic E-state index is -0.251. The fourth-order valence-electron chi connectivity index (χ4n) is 0.907. The molecule has 1 aromatic heterocycles. The lowest BCUT2D eigenvalue weighted by molar-refractivity contribution is 0.251. The molecule has 0 saturated carbocycles. The molecule has 15 heavy (non-hydrogen) atoms. The molecule has 0 aliphatic carbocycles. The monoisotopic (exact) mass is 227 g/mol. The Morgan fingerprint density at radius 2 is 2.27 bits per heavy atom. The number of nitrogens with one attached hydrogen (secondary N) is 2. The van der Waals surface area contributed by atoms with Crippen molar-refractivity contribution >= 4 is 23.4 Å². The van der Waals surface area contributed by atoms with E-state index in [1.807, 2.05) is 13.8 Å². The van der Waals surface area contributed by atoms with E-state index in [2.05, 4.69) is 15.6 Å². The van der Waals surface area contributed by atoms with Crippen LogP contribution in [0.4, 0.5) is 10.6 Å². The van der Waals surface area contributed by atoms with Gasteiger partial charge in [0.05, 0.1) is 5.02 Å². The van der Waals surface area contributed by atoms with E-state index in [4.69, 9.17) is 11.6 Å². The highest BCUT2D eigenvalue weighted by Crippen LogP contribution is 2.09. The van der Waals surface area contributed by atoms with Gasteiger partial charge in [0, 0.05) is 12.7 Å². The number of halogens is 1. The number of hydrogen-bond acceptors (Lipinski definition) is 2. The molecule has 0 unspecified atom stereocenters. The molecule has 1 rings (SSSR count). The van der Waals surface area contributed by atoms with Gasteiger partial charge in [0.1, 0.15) is 5.82 Å². The molecule has 0 saturated heterocycles. The van der Waals surface area contributed by atoms with Crippen molar-refractivity contribution in [2.45, 2.75) is 13.8 Å². The minimum absolute atomic E-state index is 0.251. The molecule has 2 amide bonds. The number of pyridine rings is 1. The van der Waals surface area contributed by atoms with Gasteiger partial charge in [-0.25, -0.2) is 9.78 Å². The summed E-state index contributed by atoms with van der Waals surface area (Å²) in [6.07, 6.45) is 1.49. The summed E-state index contributed by atoms with van der Waals surface area (Å²) >= 11 is 5.66. The van der Waals surface area contributed by atoms with Crippen molar-refractivity contribution in [2.75, 3.05) is 11.9 Å². The Labute approximate surface area is 94.0 Å². The molecule has 82 valence electrons. The smallest absolute Gasteiger partial charge is 0.320 e. The highest BCUT2D eigenvalue weighted by Gasteiger charge is 2.02. The van der Waals surface area contributed by atoms with E-state index < -0.39 is 0 Å². The summed E-state index contributed by atoms with van der Waals surface area (Å²) in [4.78, 5) is 15.2. The SMILES string of the molecule is CC(C)CNC(=O)Nc1ccc(Cl)cn1. The van der Waals surface area contributed by atoms with Crippen LogP contribution in [0, 0.1) is 5.92 Å². The predicted molar refractivity (Wildman–Crippen MR) is 61.1 cm³/mol. The van der Waals surface area contributed by atoms with E-state index in [-0.39, 0.29) is 6.03 Å². The largest absolute Gasteiger partial charge is 0.338 e. The first-order valence-corrected chi connectivity index (χ1v) is 5.12. The van der Waals surface area contributed by atoms with E-state index in [1.165, 1.54) is 6.20 Å². The summed E-state index contributed by atoms with van der Waals surface area (Å²) in [6.45, 7) is 4.70. The predicted octanol–water partition coefficient (Wildman–Crippen LogP) is 2.51. The topological polar surface area (TPSA) is 54.0 Å². The molecule has 0 aliphatic heterocycles. The number of hydrogen-bond donors (Lipinski definition) is 2. The lowest BCUT2D eigenvalue weighted by Crippen LogP contribution is -2.31. The Balaban J connectivity index is 2.41. The van der Waals surface area contributed by atoms with Gasteiger partial charge in [0.25, 0.3) is 0 Å². The zero-order valence-electron chi connectivity index (χ0n) is 8.75. The van der Waals surface area contributed by atoms with Gasteiger partial charge in [0.15, 0.2) is 0 Å². The lowest BCUT2D eigenvalue weighted by atomic mass is 10.2. The number of aromatic nitrogens is 1. The first-order chi connectivity index (χ1) is 7.08. The zero-order valence-corrected chi connectivity index (χ0v) is 9.51. The summed E-state index contributed by atoms with van der Waals surface area (Å²) in [5, 5.41) is 5.87. The molecular weight excluding hydrogens is 214 g/mol. The third-order valence-electron chi connectivity index (χ3n) is 1.64. The Bertz CT molecular complexity index is 324. The molecule has 4 nitrogen and oxygen atoms in total. The first kappa shape index (κ1) is 11.8. The Hall–Kier alpha value is -1.29. The number of rotatable bonds is 3. The second kappa shape index (κ2) is 5.56. The average Bonchev–Trinajstić information content (AvgIpc) is 2.19.